The topological polar surface area (TPSA) is 33.5 Å². The molecule has 0 aliphatic heterocycles. The molecule has 130 valence electrons. The van der Waals surface area contributed by atoms with Crippen molar-refractivity contribution >= 4 is 29.0 Å². The van der Waals surface area contributed by atoms with Crippen LogP contribution in [0.2, 0.25) is 0 Å². The van der Waals surface area contributed by atoms with Crippen molar-refractivity contribution in [2.24, 2.45) is 0 Å². The summed E-state index contributed by atoms with van der Waals surface area (Å²) >= 11 is 3.47. The van der Waals surface area contributed by atoms with E-state index in [4.69, 9.17) is 4.42 Å². The van der Waals surface area contributed by atoms with Crippen LogP contribution in [0.1, 0.15) is 16.9 Å². The summed E-state index contributed by atoms with van der Waals surface area (Å²) in [5.74, 6) is 0.991. The van der Waals surface area contributed by atoms with E-state index < -0.39 is 0 Å². The summed E-state index contributed by atoms with van der Waals surface area (Å²) in [7, 11) is 0. The van der Waals surface area contributed by atoms with Crippen LogP contribution in [0.15, 0.2) is 75.7 Å². The van der Waals surface area contributed by atoms with Crippen LogP contribution < -0.4 is 0 Å². The van der Waals surface area contributed by atoms with Gasteiger partial charge in [0, 0.05) is 40.6 Å². The minimum atomic E-state index is 0.196. The first-order chi connectivity index (χ1) is 12.3. The van der Waals surface area contributed by atoms with Crippen molar-refractivity contribution in [2.45, 2.75) is 24.3 Å². The van der Waals surface area contributed by atoms with Gasteiger partial charge in [0.15, 0.2) is 0 Å². The molecule has 0 bridgehead atoms. The van der Waals surface area contributed by atoms with E-state index in [1.807, 2.05) is 29.2 Å². The highest BCUT2D eigenvalue weighted by atomic mass is 32.2. The van der Waals surface area contributed by atoms with Gasteiger partial charge in [0.1, 0.15) is 0 Å². The fourth-order valence-corrected chi connectivity index (χ4v) is 4.09. The summed E-state index contributed by atoms with van der Waals surface area (Å²) in [5, 5.41) is 2.08. The predicted molar refractivity (Wildman–Crippen MR) is 104 cm³/mol. The van der Waals surface area contributed by atoms with Gasteiger partial charge in [0.25, 0.3) is 0 Å². The van der Waals surface area contributed by atoms with Gasteiger partial charge in [-0.15, -0.1) is 23.1 Å². The Kier molecular flexibility index (Phi) is 6.77. The first-order valence-electron chi connectivity index (χ1n) is 8.30. The second kappa shape index (κ2) is 9.49. The van der Waals surface area contributed by atoms with E-state index in [2.05, 4.69) is 29.6 Å². The third kappa shape index (κ3) is 5.80. The highest BCUT2D eigenvalue weighted by Gasteiger charge is 2.15. The van der Waals surface area contributed by atoms with Gasteiger partial charge in [-0.25, -0.2) is 0 Å². The SMILES string of the molecule is O=C(CCSc1ccccc1)N(CCc1cccs1)Cc1ccoc1. The Bertz CT molecular complexity index is 739. The molecule has 1 aromatic carbocycles. The molecule has 0 spiro atoms. The van der Waals surface area contributed by atoms with Crippen LogP contribution >= 0.6 is 23.1 Å². The molecule has 1 amide bonds. The molecule has 0 aliphatic carbocycles. The molecule has 0 unspecified atom stereocenters. The Hall–Kier alpha value is -1.98. The molecule has 25 heavy (non-hydrogen) atoms. The standard InChI is InChI=1S/C20H21NO2S2/c22-20(10-14-25-18-5-2-1-3-6-18)21(15-17-9-12-23-16-17)11-8-19-7-4-13-24-19/h1-7,9,12-13,16H,8,10-11,14-15H2. The summed E-state index contributed by atoms with van der Waals surface area (Å²) in [4.78, 5) is 17.2. The normalized spacial score (nSPS) is 10.7. The number of hydrogen-bond acceptors (Lipinski definition) is 4. The summed E-state index contributed by atoms with van der Waals surface area (Å²) in [6, 6.07) is 16.3. The Morgan fingerprint density at radius 1 is 1.12 bits per heavy atom. The Morgan fingerprint density at radius 3 is 2.72 bits per heavy atom. The largest absolute Gasteiger partial charge is 0.472 e. The molecule has 0 radical (unpaired) electrons. The molecule has 0 atom stereocenters. The average Bonchev–Trinajstić information content (AvgIpc) is 3.33. The molecule has 2 aromatic heterocycles. The van der Waals surface area contributed by atoms with E-state index in [1.165, 1.54) is 9.77 Å². The number of furan rings is 1. The van der Waals surface area contributed by atoms with E-state index >= 15 is 0 Å². The molecule has 0 saturated heterocycles. The number of carbonyl (C=O) groups excluding carboxylic acids is 1. The monoisotopic (exact) mass is 371 g/mol. The molecule has 0 aliphatic rings. The van der Waals surface area contributed by atoms with Gasteiger partial charge in [-0.05, 0) is 36.1 Å². The number of benzene rings is 1. The van der Waals surface area contributed by atoms with Crippen LogP contribution in [0.5, 0.6) is 0 Å². The smallest absolute Gasteiger partial charge is 0.223 e. The maximum absolute atomic E-state index is 12.7. The number of amides is 1. The van der Waals surface area contributed by atoms with Crippen molar-refractivity contribution < 1.29 is 9.21 Å². The lowest BCUT2D eigenvalue weighted by molar-refractivity contribution is -0.131. The maximum Gasteiger partial charge on any atom is 0.223 e. The molecule has 0 fully saturated rings. The fraction of sp³-hybridized carbons (Fsp3) is 0.250. The zero-order chi connectivity index (χ0) is 17.3. The quantitative estimate of drug-likeness (QED) is 0.491. The van der Waals surface area contributed by atoms with Gasteiger partial charge in [-0.3, -0.25) is 4.79 Å². The van der Waals surface area contributed by atoms with Gasteiger partial charge in [-0.2, -0.15) is 0 Å². The van der Waals surface area contributed by atoms with Crippen molar-refractivity contribution in [3.63, 3.8) is 0 Å². The van der Waals surface area contributed by atoms with Crippen molar-refractivity contribution in [1.82, 2.24) is 4.90 Å². The second-order valence-electron chi connectivity index (χ2n) is 5.69. The molecule has 5 heteroatoms. The molecule has 3 nitrogen and oxygen atoms in total. The maximum atomic E-state index is 12.7. The molecular formula is C20H21NO2S2. The third-order valence-corrected chi connectivity index (χ3v) is 5.79. The Morgan fingerprint density at radius 2 is 2.00 bits per heavy atom. The van der Waals surface area contributed by atoms with Crippen LogP contribution in [-0.2, 0) is 17.8 Å². The zero-order valence-corrected chi connectivity index (χ0v) is 15.6. The van der Waals surface area contributed by atoms with Gasteiger partial charge in [0.2, 0.25) is 5.91 Å². The van der Waals surface area contributed by atoms with E-state index in [1.54, 1.807) is 35.6 Å². The van der Waals surface area contributed by atoms with E-state index in [0.717, 1.165) is 24.3 Å². The van der Waals surface area contributed by atoms with Gasteiger partial charge in [0.05, 0.1) is 12.5 Å². The minimum absolute atomic E-state index is 0.196. The summed E-state index contributed by atoms with van der Waals surface area (Å²) in [6.45, 7) is 1.34. The molecule has 0 N–H and O–H groups in total. The Balaban J connectivity index is 1.54. The first-order valence-corrected chi connectivity index (χ1v) is 10.2. The summed E-state index contributed by atoms with van der Waals surface area (Å²) < 4.78 is 5.14. The van der Waals surface area contributed by atoms with E-state index in [-0.39, 0.29) is 5.91 Å². The lowest BCUT2D eigenvalue weighted by atomic mass is 10.2. The summed E-state index contributed by atoms with van der Waals surface area (Å²) in [6.07, 6.45) is 4.81. The second-order valence-corrected chi connectivity index (χ2v) is 7.89. The fourth-order valence-electron chi connectivity index (χ4n) is 2.53. The minimum Gasteiger partial charge on any atom is -0.472 e. The van der Waals surface area contributed by atoms with Crippen LogP contribution in [0.3, 0.4) is 0 Å². The van der Waals surface area contributed by atoms with Crippen molar-refractivity contribution in [3.05, 3.63) is 76.9 Å². The Labute approximate surface area is 156 Å². The number of carbonyl (C=O) groups is 1. The van der Waals surface area contributed by atoms with Crippen molar-refractivity contribution in [3.8, 4) is 0 Å². The number of hydrogen-bond donors (Lipinski definition) is 0. The van der Waals surface area contributed by atoms with Gasteiger partial charge in [-0.1, -0.05) is 24.3 Å². The number of nitrogens with zero attached hydrogens (tertiary/aromatic N) is 1. The molecular weight excluding hydrogens is 350 g/mol. The molecule has 0 saturated carbocycles. The highest BCUT2D eigenvalue weighted by Crippen LogP contribution is 2.19. The lowest BCUT2D eigenvalue weighted by Gasteiger charge is -2.22. The van der Waals surface area contributed by atoms with Crippen molar-refractivity contribution in [1.29, 1.82) is 0 Å². The first kappa shape index (κ1) is 17.8. The number of thioether (sulfide) groups is 1. The van der Waals surface area contributed by atoms with Crippen LogP contribution in [0.4, 0.5) is 0 Å². The van der Waals surface area contributed by atoms with Crippen LogP contribution in [-0.4, -0.2) is 23.1 Å². The van der Waals surface area contributed by atoms with Gasteiger partial charge >= 0.3 is 0 Å². The number of rotatable bonds is 9. The number of thiophene rings is 1. The van der Waals surface area contributed by atoms with Crippen LogP contribution in [0, 0.1) is 0 Å². The van der Waals surface area contributed by atoms with E-state index in [0.29, 0.717) is 13.0 Å². The van der Waals surface area contributed by atoms with Gasteiger partial charge < -0.3 is 9.32 Å². The third-order valence-electron chi connectivity index (χ3n) is 3.84. The molecule has 3 aromatic rings. The highest BCUT2D eigenvalue weighted by molar-refractivity contribution is 7.99. The predicted octanol–water partition coefficient (Wildman–Crippen LogP) is 5.09. The lowest BCUT2D eigenvalue weighted by Crippen LogP contribution is -2.32. The molecule has 2 heterocycles. The summed E-state index contributed by atoms with van der Waals surface area (Å²) in [5.41, 5.74) is 1.04. The molecule has 3 rings (SSSR count). The van der Waals surface area contributed by atoms with Crippen molar-refractivity contribution in [2.75, 3.05) is 12.3 Å². The average molecular weight is 372 g/mol. The zero-order valence-electron chi connectivity index (χ0n) is 14.0. The van der Waals surface area contributed by atoms with Crippen LogP contribution in [0.25, 0.3) is 0 Å². The van der Waals surface area contributed by atoms with E-state index in [9.17, 15) is 4.79 Å².